The van der Waals surface area contributed by atoms with Crippen molar-refractivity contribution in [2.45, 2.75) is 43.4 Å². The van der Waals surface area contributed by atoms with Gasteiger partial charge in [-0.25, -0.2) is 4.79 Å². The smallest absolute Gasteiger partial charge is 0.335 e. The maximum atomic E-state index is 11.4. The summed E-state index contributed by atoms with van der Waals surface area (Å²) in [5.74, 6) is -2.22. The topological polar surface area (TPSA) is 166 Å². The number of carbonyl (C=O) groups is 1. The van der Waals surface area contributed by atoms with Crippen molar-refractivity contribution in [2.75, 3.05) is 13.2 Å². The van der Waals surface area contributed by atoms with Crippen molar-refractivity contribution in [2.24, 2.45) is 11.8 Å². The second-order valence-corrected chi connectivity index (χ2v) is 6.52. The molecule has 1 fully saturated rings. The van der Waals surface area contributed by atoms with Crippen molar-refractivity contribution in [3.05, 3.63) is 23.5 Å². The van der Waals surface area contributed by atoms with E-state index in [-0.39, 0.29) is 12.2 Å². The van der Waals surface area contributed by atoms with Crippen LogP contribution in [0.3, 0.4) is 0 Å². The Labute approximate surface area is 148 Å². The third-order valence-electron chi connectivity index (χ3n) is 5.06. The molecular weight excluding hydrogens is 352 g/mol. The molecule has 0 spiro atoms. The molecule has 10 heteroatoms. The number of hydrogen-bond donors (Lipinski definition) is 6. The molecule has 0 aromatic rings. The first-order valence-corrected chi connectivity index (χ1v) is 8.23. The van der Waals surface area contributed by atoms with Gasteiger partial charge in [-0.3, -0.25) is 0 Å². The number of carboxylic acids is 1. The molecule has 8 atom stereocenters. The zero-order chi connectivity index (χ0) is 19.0. The van der Waals surface area contributed by atoms with Gasteiger partial charge >= 0.3 is 5.97 Å². The van der Waals surface area contributed by atoms with Crippen LogP contribution < -0.4 is 0 Å². The molecule has 0 saturated carbocycles. The van der Waals surface area contributed by atoms with Crippen LogP contribution in [0.1, 0.15) is 6.42 Å². The molecule has 1 aliphatic carbocycles. The lowest BCUT2D eigenvalue weighted by Gasteiger charge is -2.42. The molecule has 6 N–H and O–H groups in total. The van der Waals surface area contributed by atoms with Crippen LogP contribution in [0.5, 0.6) is 0 Å². The monoisotopic (exact) mass is 374 g/mol. The number of rotatable bonds is 5. The van der Waals surface area contributed by atoms with Gasteiger partial charge in [0.05, 0.1) is 31.0 Å². The molecule has 0 radical (unpaired) electrons. The Morgan fingerprint density at radius 2 is 1.88 bits per heavy atom. The van der Waals surface area contributed by atoms with Crippen LogP contribution >= 0.6 is 0 Å². The Bertz CT molecular complexity index is 600. The summed E-state index contributed by atoms with van der Waals surface area (Å²) >= 11 is 0. The Balaban J connectivity index is 1.80. The Hall–Kier alpha value is -1.53. The van der Waals surface area contributed by atoms with Crippen LogP contribution in [0.25, 0.3) is 0 Å². The van der Waals surface area contributed by atoms with Crippen LogP contribution in [-0.2, 0) is 19.0 Å². The highest BCUT2D eigenvalue weighted by molar-refractivity contribution is 5.87. The molecule has 2 heterocycles. The summed E-state index contributed by atoms with van der Waals surface area (Å²) in [6, 6.07) is 0. The average Bonchev–Trinajstić information content (AvgIpc) is 3.06. The van der Waals surface area contributed by atoms with Crippen molar-refractivity contribution in [1.82, 2.24) is 0 Å². The fraction of sp³-hybridized carbons (Fsp3) is 0.688. The summed E-state index contributed by atoms with van der Waals surface area (Å²) < 4.78 is 16.3. The van der Waals surface area contributed by atoms with Gasteiger partial charge in [0.25, 0.3) is 0 Å². The van der Waals surface area contributed by atoms with E-state index in [2.05, 4.69) is 0 Å². The number of ether oxygens (including phenoxy) is 3. The molecule has 0 aromatic heterocycles. The first-order valence-electron chi connectivity index (χ1n) is 8.23. The minimum absolute atomic E-state index is 0.0448. The third kappa shape index (κ3) is 3.25. The Morgan fingerprint density at radius 3 is 2.50 bits per heavy atom. The predicted octanol–water partition coefficient (Wildman–Crippen LogP) is -2.32. The number of hydrogen-bond acceptors (Lipinski definition) is 9. The van der Waals surface area contributed by atoms with E-state index in [0.29, 0.717) is 12.0 Å². The number of fused-ring (bicyclic) bond motifs is 1. The molecule has 146 valence electrons. The van der Waals surface area contributed by atoms with E-state index < -0.39 is 61.4 Å². The van der Waals surface area contributed by atoms with Crippen LogP contribution in [0, 0.1) is 11.8 Å². The first-order chi connectivity index (χ1) is 12.4. The Morgan fingerprint density at radius 1 is 1.15 bits per heavy atom. The SMILES string of the molecule is O=C(O)C1=CO[C@@H](O[C@H]2O[C@@H](CO)[C@H](O)[C@@H](O)[C@@H]2O)[C@@H]2C(CO)=CC[C@@H]12. The van der Waals surface area contributed by atoms with Crippen molar-refractivity contribution in [1.29, 1.82) is 0 Å². The summed E-state index contributed by atoms with van der Waals surface area (Å²) in [6.45, 7) is -0.917. The van der Waals surface area contributed by atoms with Gasteiger partial charge in [-0.05, 0) is 12.0 Å². The second-order valence-electron chi connectivity index (χ2n) is 6.52. The maximum absolute atomic E-state index is 11.4. The highest BCUT2D eigenvalue weighted by Gasteiger charge is 2.49. The van der Waals surface area contributed by atoms with Crippen LogP contribution in [0.4, 0.5) is 0 Å². The maximum Gasteiger partial charge on any atom is 0.335 e. The molecule has 0 aromatic carbocycles. The van der Waals surface area contributed by atoms with E-state index in [1.807, 2.05) is 0 Å². The third-order valence-corrected chi connectivity index (χ3v) is 5.06. The van der Waals surface area contributed by atoms with E-state index >= 15 is 0 Å². The van der Waals surface area contributed by atoms with Gasteiger partial charge in [0.2, 0.25) is 6.29 Å². The number of allylic oxidation sites excluding steroid dienone is 1. The van der Waals surface area contributed by atoms with Crippen molar-refractivity contribution in [3.8, 4) is 0 Å². The van der Waals surface area contributed by atoms with Crippen LogP contribution in [0.15, 0.2) is 23.5 Å². The number of carboxylic acid groups (broad SMARTS) is 1. The zero-order valence-corrected chi connectivity index (χ0v) is 13.7. The molecule has 0 bridgehead atoms. The van der Waals surface area contributed by atoms with E-state index in [9.17, 15) is 35.4 Å². The van der Waals surface area contributed by atoms with Gasteiger partial charge in [-0.15, -0.1) is 0 Å². The van der Waals surface area contributed by atoms with Gasteiger partial charge < -0.3 is 44.8 Å². The molecule has 3 rings (SSSR count). The van der Waals surface area contributed by atoms with Crippen molar-refractivity contribution in [3.63, 3.8) is 0 Å². The van der Waals surface area contributed by atoms with E-state index in [1.54, 1.807) is 6.08 Å². The quantitative estimate of drug-likeness (QED) is 0.288. The average molecular weight is 374 g/mol. The molecule has 26 heavy (non-hydrogen) atoms. The van der Waals surface area contributed by atoms with E-state index in [0.717, 1.165) is 6.26 Å². The number of aliphatic hydroxyl groups is 5. The first kappa shape index (κ1) is 19.2. The summed E-state index contributed by atoms with van der Waals surface area (Å²) in [5, 5.41) is 57.8. The number of aliphatic hydroxyl groups excluding tert-OH is 5. The van der Waals surface area contributed by atoms with Crippen molar-refractivity contribution >= 4 is 5.97 Å². The second kappa shape index (κ2) is 7.61. The summed E-state index contributed by atoms with van der Waals surface area (Å²) in [6.07, 6.45) is -5.21. The predicted molar refractivity (Wildman–Crippen MR) is 82.2 cm³/mol. The zero-order valence-electron chi connectivity index (χ0n) is 13.7. The molecule has 1 saturated heterocycles. The van der Waals surface area contributed by atoms with Gasteiger partial charge in [0, 0.05) is 5.92 Å². The van der Waals surface area contributed by atoms with Crippen LogP contribution in [-0.4, -0.2) is 86.8 Å². The molecule has 3 aliphatic rings. The molecule has 10 nitrogen and oxygen atoms in total. The molecular formula is C16H22O10. The van der Waals surface area contributed by atoms with Gasteiger partial charge in [-0.2, -0.15) is 0 Å². The Kier molecular flexibility index (Phi) is 5.63. The largest absolute Gasteiger partial charge is 0.478 e. The van der Waals surface area contributed by atoms with Gasteiger partial charge in [0.1, 0.15) is 24.4 Å². The minimum Gasteiger partial charge on any atom is -0.478 e. The van der Waals surface area contributed by atoms with E-state index in [1.165, 1.54) is 0 Å². The summed E-state index contributed by atoms with van der Waals surface area (Å²) in [4.78, 5) is 11.4. The summed E-state index contributed by atoms with van der Waals surface area (Å²) in [5.41, 5.74) is 0.583. The minimum atomic E-state index is -1.61. The molecule has 0 unspecified atom stereocenters. The van der Waals surface area contributed by atoms with Gasteiger partial charge in [-0.1, -0.05) is 6.08 Å². The van der Waals surface area contributed by atoms with E-state index in [4.69, 9.17) is 14.2 Å². The van der Waals surface area contributed by atoms with Crippen molar-refractivity contribution < 1.29 is 49.6 Å². The normalized spacial score (nSPS) is 42.5. The van der Waals surface area contributed by atoms with Crippen LogP contribution in [0.2, 0.25) is 0 Å². The standard InChI is InChI=1S/C16H22O10/c17-3-6-1-2-7-8(14(22)23)5-24-15(10(6)7)26-16-13(21)12(20)11(19)9(4-18)25-16/h1,5,7,9-13,15-21H,2-4H2,(H,22,23)/t7-,9-,10+,11-,12+,13-,15-,16+/m0/s1. The lowest BCUT2D eigenvalue weighted by molar-refractivity contribution is -0.339. The fourth-order valence-corrected chi connectivity index (χ4v) is 3.62. The number of aliphatic carboxylic acids is 1. The lowest BCUT2D eigenvalue weighted by atomic mass is 9.83. The molecule has 2 aliphatic heterocycles. The highest BCUT2D eigenvalue weighted by atomic mass is 16.8. The van der Waals surface area contributed by atoms with Gasteiger partial charge in [0.15, 0.2) is 6.29 Å². The molecule has 0 amide bonds. The fourth-order valence-electron chi connectivity index (χ4n) is 3.62. The summed E-state index contributed by atoms with van der Waals surface area (Å²) in [7, 11) is 0. The highest BCUT2D eigenvalue weighted by Crippen LogP contribution is 2.44. The lowest BCUT2D eigenvalue weighted by Crippen LogP contribution is -2.60.